The summed E-state index contributed by atoms with van der Waals surface area (Å²) in [6.45, 7) is 0. The second-order valence-corrected chi connectivity index (χ2v) is 2.39. The Kier molecular flexibility index (Phi) is 2.19. The topological polar surface area (TPSA) is 75.4 Å². The molecule has 0 radical (unpaired) electrons. The van der Waals surface area contributed by atoms with Crippen molar-refractivity contribution in [2.45, 2.75) is 0 Å². The van der Waals surface area contributed by atoms with Gasteiger partial charge in [0.2, 0.25) is 0 Å². The van der Waals surface area contributed by atoms with Crippen molar-refractivity contribution < 1.29 is 9.90 Å². The number of nitrogens with one attached hydrogen (secondary N) is 1. The summed E-state index contributed by atoms with van der Waals surface area (Å²) >= 11 is 0. The summed E-state index contributed by atoms with van der Waals surface area (Å²) in [5.74, 6) is -0.272. The molecule has 0 aliphatic carbocycles. The van der Waals surface area contributed by atoms with E-state index in [2.05, 4.69) is 5.32 Å². The lowest BCUT2D eigenvalue weighted by molar-refractivity contribution is 0.0962. The Bertz CT molecular complexity index is 290. The van der Waals surface area contributed by atoms with Gasteiger partial charge in [0.15, 0.2) is 0 Å². The van der Waals surface area contributed by atoms with E-state index in [4.69, 9.17) is 10.8 Å². The average molecular weight is 166 g/mol. The molecule has 0 saturated carbocycles. The maximum atomic E-state index is 11.0. The molecule has 0 saturated heterocycles. The highest BCUT2D eigenvalue weighted by Crippen LogP contribution is 2.16. The Morgan fingerprint density at radius 1 is 1.50 bits per heavy atom. The molecule has 0 unspecified atom stereocenters. The Morgan fingerprint density at radius 2 is 2.17 bits per heavy atom. The van der Waals surface area contributed by atoms with Crippen LogP contribution in [0.4, 0.5) is 5.69 Å². The van der Waals surface area contributed by atoms with Gasteiger partial charge in [0.25, 0.3) is 5.91 Å². The molecule has 64 valence electrons. The van der Waals surface area contributed by atoms with Crippen LogP contribution in [-0.2, 0) is 0 Å². The number of nitrogens with two attached hydrogens (primary N) is 1. The predicted octanol–water partition coefficient (Wildman–Crippen LogP) is 0.334. The van der Waals surface area contributed by atoms with Crippen molar-refractivity contribution in [1.82, 2.24) is 5.32 Å². The van der Waals surface area contributed by atoms with E-state index in [-0.39, 0.29) is 11.7 Å². The van der Waals surface area contributed by atoms with Gasteiger partial charge in [-0.25, -0.2) is 0 Å². The van der Waals surface area contributed by atoms with Crippen LogP contribution in [0.25, 0.3) is 0 Å². The molecule has 1 aromatic carbocycles. The predicted molar refractivity (Wildman–Crippen MR) is 45.9 cm³/mol. The molecular formula is C8H10N2O2. The smallest absolute Gasteiger partial charge is 0.251 e. The van der Waals surface area contributed by atoms with Crippen LogP contribution in [-0.4, -0.2) is 18.1 Å². The molecular weight excluding hydrogens is 156 g/mol. The molecule has 4 heteroatoms. The lowest BCUT2D eigenvalue weighted by atomic mass is 10.2. The lowest BCUT2D eigenvalue weighted by Gasteiger charge is -2.01. The monoisotopic (exact) mass is 166 g/mol. The maximum absolute atomic E-state index is 11.0. The van der Waals surface area contributed by atoms with Crippen LogP contribution in [0, 0.1) is 0 Å². The average Bonchev–Trinajstić information content (AvgIpc) is 2.01. The van der Waals surface area contributed by atoms with E-state index in [0.717, 1.165) is 0 Å². The van der Waals surface area contributed by atoms with Crippen molar-refractivity contribution in [1.29, 1.82) is 0 Å². The quantitative estimate of drug-likeness (QED) is 0.526. The highest BCUT2D eigenvalue weighted by Gasteiger charge is 2.04. The number of carbonyl (C=O) groups excluding carboxylic acids is 1. The first-order valence-corrected chi connectivity index (χ1v) is 3.45. The van der Waals surface area contributed by atoms with Crippen molar-refractivity contribution in [3.8, 4) is 5.75 Å². The van der Waals surface area contributed by atoms with Crippen LogP contribution >= 0.6 is 0 Å². The van der Waals surface area contributed by atoms with Crippen molar-refractivity contribution in [3.63, 3.8) is 0 Å². The summed E-state index contributed by atoms with van der Waals surface area (Å²) in [4.78, 5) is 11.0. The number of hydrogen-bond acceptors (Lipinski definition) is 3. The Balaban J connectivity index is 3.08. The molecule has 1 aromatic rings. The van der Waals surface area contributed by atoms with Gasteiger partial charge >= 0.3 is 0 Å². The van der Waals surface area contributed by atoms with E-state index in [9.17, 15) is 4.79 Å². The van der Waals surface area contributed by atoms with Gasteiger partial charge in [-0.05, 0) is 12.1 Å². The number of carbonyl (C=O) groups is 1. The standard InChI is InChI=1S/C8H10N2O2/c1-10-8(12)5-2-6(9)4-7(11)3-5/h2-4,11H,9H2,1H3,(H,10,12). The fraction of sp³-hybridized carbons (Fsp3) is 0.125. The minimum atomic E-state index is -0.266. The molecule has 1 rings (SSSR count). The molecule has 0 aromatic heterocycles. The number of rotatable bonds is 1. The van der Waals surface area contributed by atoms with Gasteiger partial charge in [0.1, 0.15) is 5.75 Å². The van der Waals surface area contributed by atoms with E-state index in [0.29, 0.717) is 11.3 Å². The summed E-state index contributed by atoms with van der Waals surface area (Å²) in [5, 5.41) is 11.5. The zero-order valence-electron chi connectivity index (χ0n) is 6.66. The molecule has 0 fully saturated rings. The number of amides is 1. The summed E-state index contributed by atoms with van der Waals surface area (Å²) in [7, 11) is 1.52. The zero-order chi connectivity index (χ0) is 9.14. The van der Waals surface area contributed by atoms with Crippen LogP contribution in [0.5, 0.6) is 5.75 Å². The van der Waals surface area contributed by atoms with Crippen molar-refractivity contribution in [3.05, 3.63) is 23.8 Å². The molecule has 4 nitrogen and oxygen atoms in total. The van der Waals surface area contributed by atoms with Crippen LogP contribution in [0.1, 0.15) is 10.4 Å². The molecule has 0 aliphatic rings. The van der Waals surface area contributed by atoms with Gasteiger partial charge in [0, 0.05) is 24.4 Å². The van der Waals surface area contributed by atoms with Crippen molar-refractivity contribution in [2.75, 3.05) is 12.8 Å². The van der Waals surface area contributed by atoms with Gasteiger partial charge in [-0.15, -0.1) is 0 Å². The largest absolute Gasteiger partial charge is 0.508 e. The van der Waals surface area contributed by atoms with Crippen LogP contribution < -0.4 is 11.1 Å². The molecule has 0 atom stereocenters. The molecule has 1 amide bonds. The summed E-state index contributed by atoms with van der Waals surface area (Å²) < 4.78 is 0. The molecule has 0 spiro atoms. The number of hydrogen-bond donors (Lipinski definition) is 3. The SMILES string of the molecule is CNC(=O)c1cc(N)cc(O)c1. The normalized spacial score (nSPS) is 9.42. The number of anilines is 1. The zero-order valence-corrected chi connectivity index (χ0v) is 6.66. The third-order valence-electron chi connectivity index (χ3n) is 1.43. The minimum absolute atomic E-state index is 0.00593. The van der Waals surface area contributed by atoms with E-state index < -0.39 is 0 Å². The highest BCUT2D eigenvalue weighted by molar-refractivity contribution is 5.95. The third kappa shape index (κ3) is 1.66. The first-order chi connectivity index (χ1) is 5.63. The number of phenols is 1. The number of phenolic OH excluding ortho intramolecular Hbond substituents is 1. The first kappa shape index (κ1) is 8.39. The summed E-state index contributed by atoms with van der Waals surface area (Å²) in [6, 6.07) is 4.24. The third-order valence-corrected chi connectivity index (χ3v) is 1.43. The van der Waals surface area contributed by atoms with Crippen LogP contribution in [0.15, 0.2) is 18.2 Å². The summed E-state index contributed by atoms with van der Waals surface area (Å²) in [6.07, 6.45) is 0. The fourth-order valence-corrected chi connectivity index (χ4v) is 0.910. The molecule has 4 N–H and O–H groups in total. The van der Waals surface area contributed by atoms with E-state index in [1.54, 1.807) is 0 Å². The Hall–Kier alpha value is -1.71. The van der Waals surface area contributed by atoms with E-state index in [1.165, 1.54) is 25.2 Å². The van der Waals surface area contributed by atoms with Crippen molar-refractivity contribution >= 4 is 11.6 Å². The fourth-order valence-electron chi connectivity index (χ4n) is 0.910. The Morgan fingerprint density at radius 3 is 2.67 bits per heavy atom. The van der Waals surface area contributed by atoms with Gasteiger partial charge in [0.05, 0.1) is 0 Å². The van der Waals surface area contributed by atoms with Crippen molar-refractivity contribution in [2.24, 2.45) is 0 Å². The lowest BCUT2D eigenvalue weighted by Crippen LogP contribution is -2.17. The second-order valence-electron chi connectivity index (χ2n) is 2.39. The number of aromatic hydroxyl groups is 1. The van der Waals surface area contributed by atoms with Gasteiger partial charge in [-0.3, -0.25) is 4.79 Å². The molecule has 12 heavy (non-hydrogen) atoms. The molecule has 0 bridgehead atoms. The highest BCUT2D eigenvalue weighted by atomic mass is 16.3. The van der Waals surface area contributed by atoms with Crippen LogP contribution in [0.3, 0.4) is 0 Å². The molecule has 0 heterocycles. The Labute approximate surface area is 70.0 Å². The molecule has 0 aliphatic heterocycles. The number of nitrogen functional groups attached to an aromatic ring is 1. The maximum Gasteiger partial charge on any atom is 0.251 e. The van der Waals surface area contributed by atoms with E-state index >= 15 is 0 Å². The van der Waals surface area contributed by atoms with E-state index in [1.807, 2.05) is 0 Å². The second kappa shape index (κ2) is 3.13. The van der Waals surface area contributed by atoms with Gasteiger partial charge in [-0.2, -0.15) is 0 Å². The minimum Gasteiger partial charge on any atom is -0.508 e. The first-order valence-electron chi connectivity index (χ1n) is 3.45. The van der Waals surface area contributed by atoms with Crippen LogP contribution in [0.2, 0.25) is 0 Å². The van der Waals surface area contributed by atoms with Gasteiger partial charge < -0.3 is 16.2 Å². The summed E-state index contributed by atoms with van der Waals surface area (Å²) in [5.41, 5.74) is 6.14. The van der Waals surface area contributed by atoms with Gasteiger partial charge in [-0.1, -0.05) is 0 Å². The number of benzene rings is 1.